The van der Waals surface area contributed by atoms with Crippen LogP contribution >= 0.6 is 35.0 Å². The van der Waals surface area contributed by atoms with E-state index in [1.807, 2.05) is 30.3 Å². The first-order valence-corrected chi connectivity index (χ1v) is 6.88. The number of halogens is 2. The zero-order valence-electron chi connectivity index (χ0n) is 9.86. The Morgan fingerprint density at radius 2 is 1.75 bits per heavy atom. The van der Waals surface area contributed by atoms with Gasteiger partial charge in [-0.3, -0.25) is 20.2 Å². The number of benzene rings is 1. The quantitative estimate of drug-likeness (QED) is 0.340. The molecule has 0 spiro atoms. The highest BCUT2D eigenvalue weighted by Gasteiger charge is 2.20. The average molecular weight is 335 g/mol. The van der Waals surface area contributed by atoms with Crippen molar-refractivity contribution in [1.29, 1.82) is 0 Å². The number of allylic oxidation sites excluding steroid dienone is 1. The zero-order chi connectivity index (χ0) is 15.1. The molecule has 0 aromatic heterocycles. The van der Waals surface area contributed by atoms with Crippen LogP contribution in [-0.4, -0.2) is 9.85 Å². The Hall–Kier alpha value is -1.57. The molecule has 0 saturated carbocycles. The summed E-state index contributed by atoms with van der Waals surface area (Å²) < 4.78 is -0.168. The fourth-order valence-corrected chi connectivity index (χ4v) is 2.30. The van der Waals surface area contributed by atoms with Crippen LogP contribution in [0.25, 0.3) is 0 Å². The Morgan fingerprint density at radius 3 is 2.25 bits per heavy atom. The summed E-state index contributed by atoms with van der Waals surface area (Å²) in [5.41, 5.74) is 0.317. The van der Waals surface area contributed by atoms with Gasteiger partial charge in [-0.15, -0.1) is 11.8 Å². The highest BCUT2D eigenvalue weighted by atomic mass is 35.5. The number of hydrogen-bond acceptors (Lipinski definition) is 5. The first-order valence-electron chi connectivity index (χ1n) is 5.14. The molecule has 0 aliphatic heterocycles. The Labute approximate surface area is 128 Å². The second-order valence-electron chi connectivity index (χ2n) is 3.41. The van der Waals surface area contributed by atoms with E-state index in [4.69, 9.17) is 23.2 Å². The van der Waals surface area contributed by atoms with Crippen molar-refractivity contribution in [2.45, 2.75) is 5.75 Å². The molecular weight excluding hydrogens is 327 g/mol. The van der Waals surface area contributed by atoms with E-state index < -0.39 is 20.7 Å². The van der Waals surface area contributed by atoms with E-state index in [2.05, 4.69) is 0 Å². The number of nitro groups is 2. The topological polar surface area (TPSA) is 86.3 Å². The standard InChI is InChI=1S/C11H8Cl2N2O4S/c12-10(15(18)19)6-9(14(16)17)11(13)20-7-8-4-2-1-3-5-8/h1-6H,7H2. The van der Waals surface area contributed by atoms with Gasteiger partial charge in [-0.1, -0.05) is 41.9 Å². The summed E-state index contributed by atoms with van der Waals surface area (Å²) in [6.45, 7) is 0. The number of rotatable bonds is 6. The van der Waals surface area contributed by atoms with Gasteiger partial charge >= 0.3 is 10.9 Å². The van der Waals surface area contributed by atoms with Crippen molar-refractivity contribution in [2.24, 2.45) is 0 Å². The molecule has 6 nitrogen and oxygen atoms in total. The first-order chi connectivity index (χ1) is 9.41. The molecule has 20 heavy (non-hydrogen) atoms. The first kappa shape index (κ1) is 16.5. The minimum atomic E-state index is -0.933. The number of hydrogen-bond donors (Lipinski definition) is 0. The summed E-state index contributed by atoms with van der Waals surface area (Å²) in [6, 6.07) is 9.16. The maximum absolute atomic E-state index is 10.8. The van der Waals surface area contributed by atoms with Gasteiger partial charge in [-0.25, -0.2) is 0 Å². The van der Waals surface area contributed by atoms with Crippen LogP contribution in [0.5, 0.6) is 0 Å². The highest BCUT2D eigenvalue weighted by Crippen LogP contribution is 2.29. The van der Waals surface area contributed by atoms with E-state index in [0.29, 0.717) is 11.8 Å². The van der Waals surface area contributed by atoms with Gasteiger partial charge in [0.05, 0.1) is 9.85 Å². The van der Waals surface area contributed by atoms with Gasteiger partial charge in [0.1, 0.15) is 6.08 Å². The molecule has 0 unspecified atom stereocenters. The van der Waals surface area contributed by atoms with Crippen molar-refractivity contribution >= 4 is 35.0 Å². The van der Waals surface area contributed by atoms with Crippen molar-refractivity contribution in [3.8, 4) is 0 Å². The number of thioether (sulfide) groups is 1. The molecule has 0 N–H and O–H groups in total. The van der Waals surface area contributed by atoms with Crippen LogP contribution in [0.4, 0.5) is 0 Å². The minimum absolute atomic E-state index is 0.168. The maximum Gasteiger partial charge on any atom is 0.344 e. The normalized spacial score (nSPS) is 12.8. The van der Waals surface area contributed by atoms with Crippen molar-refractivity contribution in [3.63, 3.8) is 0 Å². The third-order valence-corrected chi connectivity index (χ3v) is 3.75. The maximum atomic E-state index is 10.8. The van der Waals surface area contributed by atoms with Crippen LogP contribution in [-0.2, 0) is 5.75 Å². The minimum Gasteiger partial charge on any atom is -0.258 e. The Bertz CT molecular complexity index is 575. The third kappa shape index (κ3) is 5.20. The summed E-state index contributed by atoms with van der Waals surface area (Å²) in [7, 11) is 0. The lowest BCUT2D eigenvalue weighted by atomic mass is 10.2. The Morgan fingerprint density at radius 1 is 1.15 bits per heavy atom. The summed E-state index contributed by atoms with van der Waals surface area (Å²) in [5.74, 6) is 0.404. The fourth-order valence-electron chi connectivity index (χ4n) is 1.14. The highest BCUT2D eigenvalue weighted by molar-refractivity contribution is 8.03. The molecule has 0 atom stereocenters. The Balaban J connectivity index is 2.90. The van der Waals surface area contributed by atoms with Crippen LogP contribution in [0.3, 0.4) is 0 Å². The molecule has 0 aliphatic carbocycles. The second kappa shape index (κ2) is 7.88. The average Bonchev–Trinajstić information content (AvgIpc) is 2.42. The van der Waals surface area contributed by atoms with E-state index in [9.17, 15) is 20.2 Å². The smallest absolute Gasteiger partial charge is 0.258 e. The van der Waals surface area contributed by atoms with Gasteiger partial charge in [0.25, 0.3) is 0 Å². The lowest BCUT2D eigenvalue weighted by molar-refractivity contribution is -0.427. The molecule has 0 radical (unpaired) electrons. The van der Waals surface area contributed by atoms with Gasteiger partial charge in [-0.2, -0.15) is 0 Å². The van der Waals surface area contributed by atoms with Crippen molar-refractivity contribution in [2.75, 3.05) is 0 Å². The molecule has 1 rings (SSSR count). The SMILES string of the molecule is O=[N+]([O-])C(Cl)=CC(=C(Cl)SCc1ccccc1)[N+](=O)[O-]. The van der Waals surface area contributed by atoms with E-state index in [0.717, 1.165) is 17.3 Å². The van der Waals surface area contributed by atoms with Crippen LogP contribution in [0.15, 0.2) is 51.6 Å². The summed E-state index contributed by atoms with van der Waals surface area (Å²) in [4.78, 5) is 19.5. The molecule has 1 aromatic carbocycles. The van der Waals surface area contributed by atoms with Gasteiger partial charge in [-0.05, 0) is 17.2 Å². The molecule has 0 amide bonds. The zero-order valence-corrected chi connectivity index (χ0v) is 12.2. The monoisotopic (exact) mass is 334 g/mol. The van der Waals surface area contributed by atoms with Crippen LogP contribution in [0, 0.1) is 20.2 Å². The second-order valence-corrected chi connectivity index (χ2v) is 5.39. The number of nitrogens with zero attached hydrogens (tertiary/aromatic N) is 2. The van der Waals surface area contributed by atoms with E-state index in [1.165, 1.54) is 0 Å². The van der Waals surface area contributed by atoms with Crippen molar-refractivity contribution in [3.05, 3.63) is 77.4 Å². The molecule has 0 heterocycles. The molecule has 0 fully saturated rings. The Kier molecular flexibility index (Phi) is 6.50. The van der Waals surface area contributed by atoms with Crippen molar-refractivity contribution in [1.82, 2.24) is 0 Å². The lowest BCUT2D eigenvalue weighted by Crippen LogP contribution is -2.00. The van der Waals surface area contributed by atoms with Crippen LogP contribution in [0.2, 0.25) is 0 Å². The molecule has 0 saturated heterocycles. The molecule has 106 valence electrons. The summed E-state index contributed by atoms with van der Waals surface area (Å²) >= 11 is 12.1. The largest absolute Gasteiger partial charge is 0.344 e. The predicted octanol–water partition coefficient (Wildman–Crippen LogP) is 3.96. The van der Waals surface area contributed by atoms with Crippen molar-refractivity contribution < 1.29 is 9.85 Å². The predicted molar refractivity (Wildman–Crippen MR) is 78.5 cm³/mol. The molecule has 0 bridgehead atoms. The molecule has 9 heteroatoms. The van der Waals surface area contributed by atoms with E-state index >= 15 is 0 Å². The van der Waals surface area contributed by atoms with Gasteiger partial charge < -0.3 is 0 Å². The molecule has 0 aliphatic rings. The summed E-state index contributed by atoms with van der Waals surface area (Å²) in [5, 5.41) is 20.3. The molecule has 1 aromatic rings. The van der Waals surface area contributed by atoms with E-state index in [1.54, 1.807) is 0 Å². The molecular formula is C11H8Cl2N2O4S. The van der Waals surface area contributed by atoms with Gasteiger partial charge in [0.2, 0.25) is 0 Å². The van der Waals surface area contributed by atoms with Crippen LogP contribution in [0.1, 0.15) is 5.56 Å². The van der Waals surface area contributed by atoms with Crippen LogP contribution < -0.4 is 0 Å². The van der Waals surface area contributed by atoms with Gasteiger partial charge in [0, 0.05) is 5.75 Å². The fraction of sp³-hybridized carbons (Fsp3) is 0.0909. The third-order valence-electron chi connectivity index (χ3n) is 2.04. The lowest BCUT2D eigenvalue weighted by Gasteiger charge is -2.00. The van der Waals surface area contributed by atoms with E-state index in [-0.39, 0.29) is 4.36 Å². The van der Waals surface area contributed by atoms with Gasteiger partial charge in [0.15, 0.2) is 4.36 Å². The summed E-state index contributed by atoms with van der Waals surface area (Å²) in [6.07, 6.45) is 0.627.